The van der Waals surface area contributed by atoms with E-state index in [2.05, 4.69) is 80.6 Å². The summed E-state index contributed by atoms with van der Waals surface area (Å²) >= 11 is 0. The van der Waals surface area contributed by atoms with E-state index in [1.54, 1.807) is 0 Å². The maximum absolute atomic E-state index is 10.0. The van der Waals surface area contributed by atoms with Gasteiger partial charge in [-0.25, -0.2) is 0 Å². The number of fused-ring (bicyclic) bond motifs is 1. The first kappa shape index (κ1) is 28.8. The molecule has 0 saturated carbocycles. The third kappa shape index (κ3) is 7.38. The fraction of sp³-hybridized carbons (Fsp3) is 0.152. The quantitative estimate of drug-likeness (QED) is 0.115. The zero-order valence-electron chi connectivity index (χ0n) is 21.9. The number of rotatable bonds is 5. The van der Waals surface area contributed by atoms with E-state index >= 15 is 0 Å². The second-order valence-electron chi connectivity index (χ2n) is 9.23. The van der Waals surface area contributed by atoms with Gasteiger partial charge in [0, 0.05) is 37.1 Å². The van der Waals surface area contributed by atoms with Crippen molar-refractivity contribution in [2.45, 2.75) is 33.6 Å². The maximum atomic E-state index is 10.0. The number of hydrogen-bond acceptors (Lipinski definition) is 4. The molecule has 2 heterocycles. The first-order valence-electron chi connectivity index (χ1n) is 12.3. The average molecular weight is 681 g/mol. The van der Waals surface area contributed by atoms with Gasteiger partial charge in [-0.15, -0.1) is 35.4 Å². The minimum Gasteiger partial charge on any atom is -0.512 e. The van der Waals surface area contributed by atoms with E-state index < -0.39 is 0 Å². The summed E-state index contributed by atoms with van der Waals surface area (Å²) in [6, 6.07) is 34.5. The van der Waals surface area contributed by atoms with Gasteiger partial charge in [0.15, 0.2) is 5.78 Å². The minimum atomic E-state index is -0.125. The standard InChI is InChI=1S/C28H22NO.C5H8O2.Ir/c1-19(2)20-11-13-22(14-12-20)27-18-25-15-16-26(29-28(25)30-27)24-10-6-9-23(17-24)21-7-4-3-5-8-21;1-4(6)3-5(2)7;/h3-9,11-19H,1-2H3;3,6H,1-2H3;/q-1;;/b;4-3-;. The molecule has 5 rings (SSSR count). The van der Waals surface area contributed by atoms with Crippen LogP contribution in [-0.4, -0.2) is 15.9 Å². The van der Waals surface area contributed by atoms with Gasteiger partial charge in [0.1, 0.15) is 5.76 Å². The van der Waals surface area contributed by atoms with Crippen LogP contribution in [0.4, 0.5) is 0 Å². The molecule has 0 amide bonds. The Labute approximate surface area is 237 Å². The fourth-order valence-electron chi connectivity index (χ4n) is 3.96. The number of furan rings is 1. The Morgan fingerprint density at radius 2 is 1.61 bits per heavy atom. The second-order valence-corrected chi connectivity index (χ2v) is 9.23. The van der Waals surface area contributed by atoms with Gasteiger partial charge >= 0.3 is 0 Å². The molecule has 1 N–H and O–H groups in total. The molecule has 0 saturated heterocycles. The van der Waals surface area contributed by atoms with Gasteiger partial charge in [0.2, 0.25) is 5.71 Å². The number of hydrogen-bond donors (Lipinski definition) is 1. The SMILES string of the molecule is CC(=O)/C=C(/C)O.CC(C)c1ccc(-c2cc3ccc(-c4[c-]ccc(-c5ccccc5)c4)nc3o2)cc1.[Ir]. The van der Waals surface area contributed by atoms with Gasteiger partial charge in [-0.2, -0.15) is 0 Å². The molecule has 5 heteroatoms. The summed E-state index contributed by atoms with van der Waals surface area (Å²) in [5.74, 6) is 1.29. The largest absolute Gasteiger partial charge is 0.512 e. The molecule has 195 valence electrons. The van der Waals surface area contributed by atoms with Crippen LogP contribution < -0.4 is 0 Å². The number of ketones is 1. The van der Waals surface area contributed by atoms with E-state index in [0.717, 1.165) is 33.5 Å². The molecule has 1 radical (unpaired) electrons. The van der Waals surface area contributed by atoms with E-state index in [4.69, 9.17) is 14.5 Å². The zero-order chi connectivity index (χ0) is 26.4. The molecular weight excluding hydrogens is 651 g/mol. The van der Waals surface area contributed by atoms with Crippen molar-refractivity contribution in [3.05, 3.63) is 114 Å². The van der Waals surface area contributed by atoms with E-state index in [-0.39, 0.29) is 31.6 Å². The first-order chi connectivity index (χ1) is 17.8. The number of nitrogens with zero attached hydrogens (tertiary/aromatic N) is 1. The summed E-state index contributed by atoms with van der Waals surface area (Å²) in [6.07, 6.45) is 1.17. The summed E-state index contributed by atoms with van der Waals surface area (Å²) in [5, 5.41) is 9.36. The minimum absolute atomic E-state index is 0. The van der Waals surface area contributed by atoms with E-state index in [1.165, 1.54) is 31.1 Å². The van der Waals surface area contributed by atoms with Crippen molar-refractivity contribution < 1.29 is 34.4 Å². The van der Waals surface area contributed by atoms with Crippen LogP contribution in [0.3, 0.4) is 0 Å². The number of aliphatic hydroxyl groups is 1. The predicted molar refractivity (Wildman–Crippen MR) is 150 cm³/mol. The molecule has 0 aliphatic rings. The molecule has 0 atom stereocenters. The molecule has 0 unspecified atom stereocenters. The van der Waals surface area contributed by atoms with Crippen LogP contribution in [0.15, 0.2) is 107 Å². The van der Waals surface area contributed by atoms with Crippen LogP contribution in [0.1, 0.15) is 39.2 Å². The van der Waals surface area contributed by atoms with E-state index in [9.17, 15) is 4.79 Å². The molecule has 2 aromatic heterocycles. The topological polar surface area (TPSA) is 63.3 Å². The van der Waals surface area contributed by atoms with Gasteiger partial charge in [-0.3, -0.25) is 9.78 Å². The van der Waals surface area contributed by atoms with Crippen LogP contribution in [0.5, 0.6) is 0 Å². The summed E-state index contributed by atoms with van der Waals surface area (Å²) in [6.45, 7) is 7.25. The number of pyridine rings is 1. The number of aliphatic hydroxyl groups excluding tert-OH is 1. The van der Waals surface area contributed by atoms with Crippen molar-refractivity contribution >= 4 is 16.9 Å². The van der Waals surface area contributed by atoms with Crippen molar-refractivity contribution in [1.29, 1.82) is 0 Å². The van der Waals surface area contributed by atoms with Gasteiger partial charge in [-0.1, -0.05) is 80.6 Å². The Kier molecular flexibility index (Phi) is 9.95. The van der Waals surface area contributed by atoms with Crippen LogP contribution >= 0.6 is 0 Å². The van der Waals surface area contributed by atoms with Crippen LogP contribution in [0, 0.1) is 6.07 Å². The normalized spacial score (nSPS) is 11.0. The van der Waals surface area contributed by atoms with E-state index in [0.29, 0.717) is 11.6 Å². The molecule has 38 heavy (non-hydrogen) atoms. The van der Waals surface area contributed by atoms with Crippen molar-refractivity contribution in [3.63, 3.8) is 0 Å². The summed E-state index contributed by atoms with van der Waals surface area (Å²) in [5.41, 5.74) is 7.18. The third-order valence-corrected chi connectivity index (χ3v) is 5.84. The number of carbonyl (C=O) groups is 1. The molecule has 4 nitrogen and oxygen atoms in total. The molecule has 5 aromatic rings. The summed E-state index contributed by atoms with van der Waals surface area (Å²) < 4.78 is 6.11. The van der Waals surface area contributed by atoms with Crippen molar-refractivity contribution in [2.75, 3.05) is 0 Å². The predicted octanol–water partition coefficient (Wildman–Crippen LogP) is 8.79. The fourth-order valence-corrected chi connectivity index (χ4v) is 3.96. The number of allylic oxidation sites excluding steroid dienone is 2. The third-order valence-electron chi connectivity index (χ3n) is 5.84. The monoisotopic (exact) mass is 681 g/mol. The Morgan fingerprint density at radius 1 is 0.895 bits per heavy atom. The van der Waals surface area contributed by atoms with Gasteiger partial charge < -0.3 is 9.52 Å². The van der Waals surface area contributed by atoms with Crippen molar-refractivity contribution in [1.82, 2.24) is 4.98 Å². The summed E-state index contributed by atoms with van der Waals surface area (Å²) in [7, 11) is 0. The number of benzene rings is 3. The Bertz CT molecular complexity index is 1530. The van der Waals surface area contributed by atoms with Crippen LogP contribution in [0.25, 0.3) is 44.8 Å². The Hall–Kier alpha value is -3.79. The second kappa shape index (κ2) is 13.1. The molecule has 0 spiro atoms. The van der Waals surface area contributed by atoms with Gasteiger partial charge in [0.05, 0.1) is 5.76 Å². The number of aromatic nitrogens is 1. The van der Waals surface area contributed by atoms with Crippen LogP contribution in [-0.2, 0) is 24.9 Å². The van der Waals surface area contributed by atoms with Gasteiger partial charge in [-0.05, 0) is 42.7 Å². The molecule has 3 aromatic carbocycles. The van der Waals surface area contributed by atoms with Crippen molar-refractivity contribution in [2.24, 2.45) is 0 Å². The van der Waals surface area contributed by atoms with Gasteiger partial charge in [0.25, 0.3) is 0 Å². The van der Waals surface area contributed by atoms with Crippen molar-refractivity contribution in [3.8, 4) is 33.7 Å². The smallest absolute Gasteiger partial charge is 0.217 e. The number of carbonyl (C=O) groups excluding carboxylic acids is 1. The van der Waals surface area contributed by atoms with Crippen LogP contribution in [0.2, 0.25) is 0 Å². The van der Waals surface area contributed by atoms with E-state index in [1.807, 2.05) is 30.3 Å². The molecule has 0 fully saturated rings. The molecule has 0 bridgehead atoms. The summed E-state index contributed by atoms with van der Waals surface area (Å²) in [4.78, 5) is 14.8. The molecule has 0 aliphatic carbocycles. The average Bonchev–Trinajstić information content (AvgIpc) is 3.32. The maximum Gasteiger partial charge on any atom is 0.217 e. The Balaban J connectivity index is 0.000000444. The zero-order valence-corrected chi connectivity index (χ0v) is 24.3. The first-order valence-corrected chi connectivity index (χ1v) is 12.3. The molecular formula is C33H30IrNO3-. The molecule has 0 aliphatic heterocycles. The Morgan fingerprint density at radius 3 is 2.21 bits per heavy atom.